The molecule has 0 bridgehead atoms. The highest BCUT2D eigenvalue weighted by molar-refractivity contribution is 7.99. The normalized spacial score (nSPS) is 11.6. The molecule has 0 amide bonds. The van der Waals surface area contributed by atoms with E-state index in [0.29, 0.717) is 22.5 Å². The van der Waals surface area contributed by atoms with Gasteiger partial charge in [-0.15, -0.1) is 10.2 Å². The summed E-state index contributed by atoms with van der Waals surface area (Å²) in [6, 6.07) is 11.7. The molecule has 12 heteroatoms. The molecule has 33 heavy (non-hydrogen) atoms. The zero-order chi connectivity index (χ0) is 23.6. The highest BCUT2D eigenvalue weighted by Crippen LogP contribution is 2.34. The van der Waals surface area contributed by atoms with E-state index in [1.165, 1.54) is 11.2 Å². The van der Waals surface area contributed by atoms with Crippen LogP contribution in [0.2, 0.25) is 0 Å². The van der Waals surface area contributed by atoms with Gasteiger partial charge in [-0.25, -0.2) is 9.97 Å². The van der Waals surface area contributed by atoms with Crippen molar-refractivity contribution in [3.63, 3.8) is 0 Å². The molecule has 1 aromatic carbocycles. The number of hydrogen-bond acceptors (Lipinski definition) is 8. The summed E-state index contributed by atoms with van der Waals surface area (Å²) >= 11 is 0.891. The summed E-state index contributed by atoms with van der Waals surface area (Å²) in [5.41, 5.74) is -0.312. The van der Waals surface area contributed by atoms with Crippen LogP contribution in [0.1, 0.15) is 11.5 Å². The number of alkyl halides is 3. The number of hydrogen-bond donors (Lipinski definition) is 0. The molecule has 4 aromatic rings. The maximum atomic E-state index is 13.4. The molecule has 3 aromatic heterocycles. The summed E-state index contributed by atoms with van der Waals surface area (Å²) in [7, 11) is 4.77. The van der Waals surface area contributed by atoms with E-state index < -0.39 is 11.9 Å². The first-order chi connectivity index (χ1) is 15.7. The smallest absolute Gasteiger partial charge is 0.433 e. The molecule has 0 atom stereocenters. The fourth-order valence-electron chi connectivity index (χ4n) is 2.96. The van der Waals surface area contributed by atoms with Gasteiger partial charge < -0.3 is 14.1 Å². The lowest BCUT2D eigenvalue weighted by Crippen LogP contribution is -2.16. The molecule has 0 N–H and O–H groups in total. The number of nitrogens with zero attached hydrogens (tertiary/aromatic N) is 6. The Labute approximate surface area is 191 Å². The highest BCUT2D eigenvalue weighted by Gasteiger charge is 2.34. The number of halogens is 3. The molecule has 0 fully saturated rings. The number of methoxy groups -OCH3 is 1. The summed E-state index contributed by atoms with van der Waals surface area (Å²) in [5, 5.41) is 8.70. The number of anilines is 1. The lowest BCUT2D eigenvalue weighted by molar-refractivity contribution is -0.141. The first-order valence-corrected chi connectivity index (χ1v) is 10.5. The molecular weight excluding hydrogens is 457 g/mol. The minimum absolute atomic E-state index is 0.0983. The molecule has 0 radical (unpaired) electrons. The van der Waals surface area contributed by atoms with E-state index >= 15 is 0 Å². The van der Waals surface area contributed by atoms with Crippen molar-refractivity contribution < 1.29 is 22.3 Å². The SMILES string of the molecule is COc1cccc(-c2nnc(Sc3nc(N(C)C)cc(C(F)(F)F)n3)n2Cc2ccco2)c1. The summed E-state index contributed by atoms with van der Waals surface area (Å²) in [4.78, 5) is 9.43. The van der Waals surface area contributed by atoms with Crippen LogP contribution in [0, 0.1) is 0 Å². The Balaban J connectivity index is 1.78. The van der Waals surface area contributed by atoms with Gasteiger partial charge in [-0.05, 0) is 36.0 Å². The zero-order valence-corrected chi connectivity index (χ0v) is 18.7. The minimum atomic E-state index is -4.61. The van der Waals surface area contributed by atoms with E-state index in [-0.39, 0.29) is 17.5 Å². The Kier molecular flexibility index (Phi) is 6.27. The lowest BCUT2D eigenvalue weighted by Gasteiger charge is -2.15. The Morgan fingerprint density at radius 2 is 1.91 bits per heavy atom. The standard InChI is InChI=1S/C21H19F3N6O2S/c1-29(2)17-11-16(21(22,23)24)25-19(26-17)33-20-28-27-18(13-6-4-7-14(10-13)31-3)30(20)12-15-8-5-9-32-15/h4-11H,12H2,1-3H3. The molecule has 4 rings (SSSR count). The number of aromatic nitrogens is 5. The topological polar surface area (TPSA) is 82.1 Å². The van der Waals surface area contributed by atoms with Gasteiger partial charge in [0.2, 0.25) is 0 Å². The average molecular weight is 476 g/mol. The molecule has 0 aliphatic rings. The van der Waals surface area contributed by atoms with Crippen LogP contribution < -0.4 is 9.64 Å². The van der Waals surface area contributed by atoms with Crippen molar-refractivity contribution in [1.82, 2.24) is 24.7 Å². The van der Waals surface area contributed by atoms with E-state index in [2.05, 4.69) is 20.2 Å². The summed E-state index contributed by atoms with van der Waals surface area (Å²) in [5.74, 6) is 1.88. The fourth-order valence-corrected chi connectivity index (χ4v) is 3.74. The number of rotatable bonds is 7. The van der Waals surface area contributed by atoms with E-state index in [1.807, 2.05) is 12.1 Å². The summed E-state index contributed by atoms with van der Waals surface area (Å²) < 4.78 is 52.7. The molecule has 0 saturated carbocycles. The monoisotopic (exact) mass is 476 g/mol. The molecule has 0 saturated heterocycles. The third-order valence-corrected chi connectivity index (χ3v) is 5.41. The maximum absolute atomic E-state index is 13.4. The lowest BCUT2D eigenvalue weighted by atomic mass is 10.2. The van der Waals surface area contributed by atoms with Crippen molar-refractivity contribution in [3.05, 3.63) is 60.2 Å². The maximum Gasteiger partial charge on any atom is 0.433 e. The van der Waals surface area contributed by atoms with Gasteiger partial charge in [0.15, 0.2) is 21.8 Å². The van der Waals surface area contributed by atoms with Gasteiger partial charge in [-0.3, -0.25) is 4.57 Å². The van der Waals surface area contributed by atoms with Crippen LogP contribution in [-0.2, 0) is 12.7 Å². The third-order valence-electron chi connectivity index (χ3n) is 4.56. The van der Waals surface area contributed by atoms with Crippen LogP contribution in [0.25, 0.3) is 11.4 Å². The van der Waals surface area contributed by atoms with Crippen molar-refractivity contribution >= 4 is 17.6 Å². The van der Waals surface area contributed by atoms with E-state index in [4.69, 9.17) is 9.15 Å². The van der Waals surface area contributed by atoms with E-state index in [0.717, 1.165) is 23.4 Å². The van der Waals surface area contributed by atoms with Crippen LogP contribution in [-0.4, -0.2) is 45.9 Å². The Hall–Kier alpha value is -3.54. The van der Waals surface area contributed by atoms with Crippen molar-refractivity contribution in [2.45, 2.75) is 23.0 Å². The van der Waals surface area contributed by atoms with Gasteiger partial charge in [0.1, 0.15) is 17.3 Å². The molecule has 0 spiro atoms. The van der Waals surface area contributed by atoms with Gasteiger partial charge in [-0.2, -0.15) is 13.2 Å². The molecule has 172 valence electrons. The summed E-state index contributed by atoms with van der Waals surface area (Å²) in [6.07, 6.45) is -3.08. The van der Waals surface area contributed by atoms with Gasteiger partial charge >= 0.3 is 6.18 Å². The van der Waals surface area contributed by atoms with Crippen molar-refractivity contribution in [3.8, 4) is 17.1 Å². The second-order valence-corrected chi connectivity index (χ2v) is 8.03. The fraction of sp³-hybridized carbons (Fsp3) is 0.238. The highest BCUT2D eigenvalue weighted by atomic mass is 32.2. The number of benzene rings is 1. The molecule has 0 aliphatic heterocycles. The molecule has 8 nitrogen and oxygen atoms in total. The largest absolute Gasteiger partial charge is 0.497 e. The Bertz CT molecular complexity index is 1240. The van der Waals surface area contributed by atoms with Gasteiger partial charge in [0, 0.05) is 25.7 Å². The minimum Gasteiger partial charge on any atom is -0.497 e. The molecule has 0 aliphatic carbocycles. The molecular formula is C21H19F3N6O2S. The molecule has 3 heterocycles. The first-order valence-electron chi connectivity index (χ1n) is 9.66. The zero-order valence-electron chi connectivity index (χ0n) is 17.9. The number of ether oxygens (including phenoxy) is 1. The van der Waals surface area contributed by atoms with Gasteiger partial charge in [0.05, 0.1) is 19.9 Å². The second-order valence-electron chi connectivity index (χ2n) is 7.09. The van der Waals surface area contributed by atoms with Gasteiger partial charge in [0.25, 0.3) is 0 Å². The van der Waals surface area contributed by atoms with Crippen LogP contribution in [0.15, 0.2) is 63.5 Å². The van der Waals surface area contributed by atoms with Crippen LogP contribution in [0.5, 0.6) is 5.75 Å². The third kappa shape index (κ3) is 5.11. The van der Waals surface area contributed by atoms with Crippen LogP contribution in [0.4, 0.5) is 19.0 Å². The van der Waals surface area contributed by atoms with Gasteiger partial charge in [-0.1, -0.05) is 12.1 Å². The predicted molar refractivity (Wildman–Crippen MR) is 115 cm³/mol. The summed E-state index contributed by atoms with van der Waals surface area (Å²) in [6.45, 7) is 0.258. The Morgan fingerprint density at radius 1 is 1.09 bits per heavy atom. The predicted octanol–water partition coefficient (Wildman–Crippen LogP) is 4.62. The quantitative estimate of drug-likeness (QED) is 0.358. The first kappa shape index (κ1) is 22.6. The molecule has 0 unspecified atom stereocenters. The van der Waals surface area contributed by atoms with E-state index in [9.17, 15) is 13.2 Å². The van der Waals surface area contributed by atoms with Crippen molar-refractivity contribution in [2.75, 3.05) is 26.1 Å². The second kappa shape index (κ2) is 9.14. The average Bonchev–Trinajstić information content (AvgIpc) is 3.44. The van der Waals surface area contributed by atoms with Crippen LogP contribution in [0.3, 0.4) is 0 Å². The van der Waals surface area contributed by atoms with Crippen molar-refractivity contribution in [1.29, 1.82) is 0 Å². The van der Waals surface area contributed by atoms with Crippen LogP contribution >= 0.6 is 11.8 Å². The Morgan fingerprint density at radius 3 is 2.58 bits per heavy atom. The van der Waals surface area contributed by atoms with Crippen molar-refractivity contribution in [2.24, 2.45) is 0 Å². The van der Waals surface area contributed by atoms with E-state index in [1.54, 1.807) is 50.0 Å². The number of furan rings is 1.